The van der Waals surface area contributed by atoms with E-state index in [4.69, 9.17) is 9.47 Å². The molecule has 144 valence electrons. The number of ether oxygens (including phenoxy) is 2. The van der Waals surface area contributed by atoms with Crippen molar-refractivity contribution in [1.29, 1.82) is 0 Å². The van der Waals surface area contributed by atoms with Gasteiger partial charge in [0.1, 0.15) is 6.61 Å². The SMILES string of the molecule is CC(C)C[C@H](OC(=O)N(C)C1CCCCC1)C(=O)OCc1ccccc1. The molecule has 0 heterocycles. The predicted octanol–water partition coefficient (Wildman–Crippen LogP) is 4.55. The molecule has 5 heteroatoms. The summed E-state index contributed by atoms with van der Waals surface area (Å²) >= 11 is 0. The Bertz CT molecular complexity index is 567. The Morgan fingerprint density at radius 2 is 1.77 bits per heavy atom. The molecule has 1 aliphatic rings. The Hall–Kier alpha value is -2.04. The molecular formula is C21H31NO4. The van der Waals surface area contributed by atoms with Crippen LogP contribution in [0.25, 0.3) is 0 Å². The number of carbonyl (C=O) groups excluding carboxylic acids is 2. The van der Waals surface area contributed by atoms with E-state index in [1.54, 1.807) is 11.9 Å². The minimum Gasteiger partial charge on any atom is -0.458 e. The van der Waals surface area contributed by atoms with E-state index in [1.807, 2.05) is 44.2 Å². The fourth-order valence-corrected chi connectivity index (χ4v) is 3.26. The van der Waals surface area contributed by atoms with Crippen LogP contribution in [0.3, 0.4) is 0 Å². The summed E-state index contributed by atoms with van der Waals surface area (Å²) < 4.78 is 10.9. The molecule has 0 N–H and O–H groups in total. The fraction of sp³-hybridized carbons (Fsp3) is 0.619. The van der Waals surface area contributed by atoms with Crippen molar-refractivity contribution < 1.29 is 19.1 Å². The first-order valence-corrected chi connectivity index (χ1v) is 9.61. The second-order valence-corrected chi connectivity index (χ2v) is 7.50. The summed E-state index contributed by atoms with van der Waals surface area (Å²) in [4.78, 5) is 26.6. The highest BCUT2D eigenvalue weighted by atomic mass is 16.6. The topological polar surface area (TPSA) is 55.8 Å². The molecule has 0 bridgehead atoms. The lowest BCUT2D eigenvalue weighted by Crippen LogP contribution is -2.42. The average molecular weight is 361 g/mol. The zero-order chi connectivity index (χ0) is 18.9. The highest BCUT2D eigenvalue weighted by molar-refractivity contribution is 5.78. The van der Waals surface area contributed by atoms with Crippen LogP contribution in [-0.2, 0) is 20.9 Å². The summed E-state index contributed by atoms with van der Waals surface area (Å²) in [6.45, 7) is 4.18. The lowest BCUT2D eigenvalue weighted by atomic mass is 9.95. The summed E-state index contributed by atoms with van der Waals surface area (Å²) in [6, 6.07) is 9.70. The third kappa shape index (κ3) is 6.36. The van der Waals surface area contributed by atoms with Gasteiger partial charge in [0.05, 0.1) is 0 Å². The monoisotopic (exact) mass is 361 g/mol. The van der Waals surface area contributed by atoms with E-state index in [0.717, 1.165) is 31.2 Å². The van der Waals surface area contributed by atoms with Crippen molar-refractivity contribution in [2.75, 3.05) is 7.05 Å². The lowest BCUT2D eigenvalue weighted by molar-refractivity contribution is -0.156. The van der Waals surface area contributed by atoms with Gasteiger partial charge in [-0.25, -0.2) is 9.59 Å². The van der Waals surface area contributed by atoms with Gasteiger partial charge in [0.2, 0.25) is 6.10 Å². The first-order chi connectivity index (χ1) is 12.5. The normalized spacial score (nSPS) is 16.2. The number of amides is 1. The summed E-state index contributed by atoms with van der Waals surface area (Å²) in [5.74, 6) is -0.259. The van der Waals surface area contributed by atoms with Gasteiger partial charge < -0.3 is 14.4 Å². The number of benzene rings is 1. The standard InChI is InChI=1S/C21H31NO4/c1-16(2)14-19(20(23)25-15-17-10-6-4-7-11-17)26-21(24)22(3)18-12-8-5-9-13-18/h4,6-7,10-11,16,18-19H,5,8-9,12-15H2,1-3H3/t19-/m0/s1. The maximum atomic E-state index is 12.5. The minimum atomic E-state index is -0.864. The van der Waals surface area contributed by atoms with Gasteiger partial charge in [-0.3, -0.25) is 0 Å². The fourth-order valence-electron chi connectivity index (χ4n) is 3.26. The van der Waals surface area contributed by atoms with Crippen molar-refractivity contribution in [2.45, 2.75) is 71.1 Å². The lowest BCUT2D eigenvalue weighted by Gasteiger charge is -2.31. The second-order valence-electron chi connectivity index (χ2n) is 7.50. The Morgan fingerprint density at radius 3 is 2.38 bits per heavy atom. The van der Waals surface area contributed by atoms with Crippen LogP contribution < -0.4 is 0 Å². The van der Waals surface area contributed by atoms with E-state index >= 15 is 0 Å². The van der Waals surface area contributed by atoms with Crippen LogP contribution in [-0.4, -0.2) is 36.2 Å². The molecule has 1 amide bonds. The van der Waals surface area contributed by atoms with Crippen LogP contribution in [0.2, 0.25) is 0 Å². The first-order valence-electron chi connectivity index (χ1n) is 9.61. The number of hydrogen-bond acceptors (Lipinski definition) is 4. The smallest absolute Gasteiger partial charge is 0.410 e. The minimum absolute atomic E-state index is 0.185. The van der Waals surface area contributed by atoms with Gasteiger partial charge in [-0.1, -0.05) is 63.4 Å². The molecule has 0 aliphatic heterocycles. The molecule has 2 rings (SSSR count). The molecule has 0 aromatic heterocycles. The Balaban J connectivity index is 1.92. The van der Waals surface area contributed by atoms with E-state index in [-0.39, 0.29) is 18.6 Å². The molecule has 0 unspecified atom stereocenters. The molecule has 1 aromatic rings. The second kappa shape index (κ2) is 10.2. The molecule has 0 saturated heterocycles. The molecule has 1 saturated carbocycles. The zero-order valence-corrected chi connectivity index (χ0v) is 16.1. The van der Waals surface area contributed by atoms with Crippen molar-refractivity contribution in [3.8, 4) is 0 Å². The van der Waals surface area contributed by atoms with E-state index in [1.165, 1.54) is 6.42 Å². The molecule has 5 nitrogen and oxygen atoms in total. The molecule has 0 spiro atoms. The van der Waals surface area contributed by atoms with Crippen LogP contribution in [0.5, 0.6) is 0 Å². The number of nitrogens with zero attached hydrogens (tertiary/aromatic N) is 1. The molecule has 0 radical (unpaired) electrons. The van der Waals surface area contributed by atoms with Gasteiger partial charge >= 0.3 is 12.1 Å². The quantitative estimate of drug-likeness (QED) is 0.669. The van der Waals surface area contributed by atoms with Gasteiger partial charge in [-0.2, -0.15) is 0 Å². The van der Waals surface area contributed by atoms with Gasteiger partial charge in [0, 0.05) is 13.1 Å². The number of rotatable bonds is 7. The maximum Gasteiger partial charge on any atom is 0.410 e. The van der Waals surface area contributed by atoms with Gasteiger partial charge in [0.15, 0.2) is 0 Å². The number of hydrogen-bond donors (Lipinski definition) is 0. The molecule has 1 aromatic carbocycles. The highest BCUT2D eigenvalue weighted by Crippen LogP contribution is 2.23. The molecular weight excluding hydrogens is 330 g/mol. The van der Waals surface area contributed by atoms with Crippen LogP contribution >= 0.6 is 0 Å². The van der Waals surface area contributed by atoms with Gasteiger partial charge in [0.25, 0.3) is 0 Å². The van der Waals surface area contributed by atoms with Crippen molar-refractivity contribution in [1.82, 2.24) is 4.90 Å². The predicted molar refractivity (Wildman–Crippen MR) is 101 cm³/mol. The Kier molecular flexibility index (Phi) is 7.95. The van der Waals surface area contributed by atoms with E-state index in [2.05, 4.69) is 0 Å². The maximum absolute atomic E-state index is 12.5. The van der Waals surface area contributed by atoms with Crippen LogP contribution in [0.4, 0.5) is 4.79 Å². The largest absolute Gasteiger partial charge is 0.458 e. The van der Waals surface area contributed by atoms with E-state index < -0.39 is 18.2 Å². The number of esters is 1. The van der Waals surface area contributed by atoms with Crippen molar-refractivity contribution in [2.24, 2.45) is 5.92 Å². The zero-order valence-electron chi connectivity index (χ0n) is 16.1. The van der Waals surface area contributed by atoms with Gasteiger partial charge in [-0.05, 0) is 30.7 Å². The highest BCUT2D eigenvalue weighted by Gasteiger charge is 2.30. The van der Waals surface area contributed by atoms with Crippen molar-refractivity contribution >= 4 is 12.1 Å². The molecule has 1 atom stereocenters. The molecule has 1 aliphatic carbocycles. The summed E-state index contributed by atoms with van der Waals surface area (Å²) in [7, 11) is 1.76. The summed E-state index contributed by atoms with van der Waals surface area (Å²) in [5, 5.41) is 0. The van der Waals surface area contributed by atoms with Crippen LogP contribution in [0.15, 0.2) is 30.3 Å². The Morgan fingerprint density at radius 1 is 1.12 bits per heavy atom. The molecule has 1 fully saturated rings. The number of carbonyl (C=O) groups is 2. The van der Waals surface area contributed by atoms with Crippen LogP contribution in [0, 0.1) is 5.92 Å². The molecule has 26 heavy (non-hydrogen) atoms. The van der Waals surface area contributed by atoms with Crippen molar-refractivity contribution in [3.63, 3.8) is 0 Å². The Labute approximate surface area is 156 Å². The van der Waals surface area contributed by atoms with Crippen LogP contribution in [0.1, 0.15) is 57.9 Å². The summed E-state index contributed by atoms with van der Waals surface area (Å²) in [5.41, 5.74) is 0.912. The van der Waals surface area contributed by atoms with Gasteiger partial charge in [-0.15, -0.1) is 0 Å². The van der Waals surface area contributed by atoms with E-state index in [0.29, 0.717) is 6.42 Å². The van der Waals surface area contributed by atoms with Crippen molar-refractivity contribution in [3.05, 3.63) is 35.9 Å². The van der Waals surface area contributed by atoms with E-state index in [9.17, 15) is 9.59 Å². The third-order valence-electron chi connectivity index (χ3n) is 4.83. The average Bonchev–Trinajstić information content (AvgIpc) is 2.66. The summed E-state index contributed by atoms with van der Waals surface area (Å²) in [6.07, 6.45) is 4.65. The third-order valence-corrected chi connectivity index (χ3v) is 4.83. The first kappa shape index (κ1) is 20.3.